The Morgan fingerprint density at radius 2 is 2.12 bits per heavy atom. The van der Waals surface area contributed by atoms with Gasteiger partial charge in [0, 0.05) is 6.42 Å². The molecule has 1 aromatic rings. The molecule has 2 heteroatoms. The van der Waals surface area contributed by atoms with Gasteiger partial charge in [0.25, 0.3) is 0 Å². The highest BCUT2D eigenvalue weighted by Gasteiger charge is 2.23. The number of allylic oxidation sites excluding steroid dienone is 2. The number of carbonyl (C=O) groups is 1. The van der Waals surface area contributed by atoms with Crippen LogP contribution >= 0.6 is 0 Å². The number of rotatable bonds is 2. The van der Waals surface area contributed by atoms with Gasteiger partial charge in [-0.05, 0) is 42.9 Å². The van der Waals surface area contributed by atoms with Crippen LogP contribution in [0.1, 0.15) is 37.2 Å². The van der Waals surface area contributed by atoms with E-state index in [0.29, 0.717) is 18.1 Å². The maximum absolute atomic E-state index is 11.2. The van der Waals surface area contributed by atoms with Gasteiger partial charge in [-0.25, -0.2) is 0 Å². The smallest absolute Gasteiger partial charge is 0.155 e. The molecule has 17 heavy (non-hydrogen) atoms. The van der Waals surface area contributed by atoms with Crippen LogP contribution in [0.5, 0.6) is 5.75 Å². The molecule has 1 aliphatic carbocycles. The maximum Gasteiger partial charge on any atom is 0.155 e. The van der Waals surface area contributed by atoms with E-state index < -0.39 is 0 Å². The second kappa shape index (κ2) is 4.36. The summed E-state index contributed by atoms with van der Waals surface area (Å²) in [4.78, 5) is 11.2. The molecular formula is C15H16O2. The van der Waals surface area contributed by atoms with Crippen molar-refractivity contribution in [2.24, 2.45) is 0 Å². The molecule has 1 aromatic carbocycles. The Morgan fingerprint density at radius 3 is 2.94 bits per heavy atom. The Hall–Kier alpha value is -1.57. The summed E-state index contributed by atoms with van der Waals surface area (Å²) >= 11 is 0. The average molecular weight is 228 g/mol. The standard InChI is InChI=1S/C15H16O2/c16-13-6-5-11(10-13)9-12-7-8-17-15-4-2-1-3-14(12)15/h1-4,10,12H,5-9H2. The first-order valence-electron chi connectivity index (χ1n) is 6.27. The molecule has 0 amide bonds. The summed E-state index contributed by atoms with van der Waals surface area (Å²) in [6.45, 7) is 0.795. The zero-order valence-electron chi connectivity index (χ0n) is 9.82. The lowest BCUT2D eigenvalue weighted by Crippen LogP contribution is -2.14. The van der Waals surface area contributed by atoms with Crippen LogP contribution in [0.3, 0.4) is 0 Å². The number of hydrogen-bond donors (Lipinski definition) is 0. The molecule has 3 rings (SSSR count). The second-order valence-electron chi connectivity index (χ2n) is 4.84. The largest absolute Gasteiger partial charge is 0.493 e. The molecule has 0 spiro atoms. The second-order valence-corrected chi connectivity index (χ2v) is 4.84. The van der Waals surface area contributed by atoms with Crippen LogP contribution in [0.2, 0.25) is 0 Å². The van der Waals surface area contributed by atoms with E-state index in [1.165, 1.54) is 11.1 Å². The van der Waals surface area contributed by atoms with Crippen LogP contribution in [0, 0.1) is 0 Å². The summed E-state index contributed by atoms with van der Waals surface area (Å²) in [6, 6.07) is 8.26. The van der Waals surface area contributed by atoms with Crippen molar-refractivity contribution in [2.45, 2.75) is 31.6 Å². The first-order chi connectivity index (χ1) is 8.33. The molecule has 88 valence electrons. The minimum absolute atomic E-state index is 0.292. The predicted octanol–water partition coefficient (Wildman–Crippen LogP) is 3.23. The highest BCUT2D eigenvalue weighted by atomic mass is 16.5. The third kappa shape index (κ3) is 2.12. The fourth-order valence-corrected chi connectivity index (χ4v) is 2.76. The Bertz CT molecular complexity index is 474. The summed E-state index contributed by atoms with van der Waals surface area (Å²) in [5.41, 5.74) is 2.62. The van der Waals surface area contributed by atoms with E-state index in [4.69, 9.17) is 4.74 Å². The van der Waals surface area contributed by atoms with Crippen molar-refractivity contribution >= 4 is 5.78 Å². The third-order valence-corrected chi connectivity index (χ3v) is 3.65. The van der Waals surface area contributed by atoms with Gasteiger partial charge in [-0.1, -0.05) is 23.8 Å². The molecule has 1 atom stereocenters. The molecule has 0 N–H and O–H groups in total. The van der Waals surface area contributed by atoms with Crippen molar-refractivity contribution < 1.29 is 9.53 Å². The van der Waals surface area contributed by atoms with E-state index in [2.05, 4.69) is 12.1 Å². The van der Waals surface area contributed by atoms with E-state index in [-0.39, 0.29) is 0 Å². The van der Waals surface area contributed by atoms with Gasteiger partial charge in [0.15, 0.2) is 5.78 Å². The average Bonchev–Trinajstić information content (AvgIpc) is 2.75. The fourth-order valence-electron chi connectivity index (χ4n) is 2.76. The van der Waals surface area contributed by atoms with Crippen LogP contribution in [0.15, 0.2) is 35.9 Å². The van der Waals surface area contributed by atoms with E-state index in [0.717, 1.165) is 31.6 Å². The predicted molar refractivity (Wildman–Crippen MR) is 66.2 cm³/mol. The fraction of sp³-hybridized carbons (Fsp3) is 0.400. The van der Waals surface area contributed by atoms with Crippen LogP contribution < -0.4 is 4.74 Å². The highest BCUT2D eigenvalue weighted by molar-refractivity contribution is 5.92. The lowest BCUT2D eigenvalue weighted by atomic mass is 9.87. The number of para-hydroxylation sites is 1. The molecule has 0 saturated carbocycles. The van der Waals surface area contributed by atoms with Crippen LogP contribution in [0.25, 0.3) is 0 Å². The topological polar surface area (TPSA) is 26.3 Å². The van der Waals surface area contributed by atoms with Crippen molar-refractivity contribution in [3.8, 4) is 5.75 Å². The zero-order valence-corrected chi connectivity index (χ0v) is 9.82. The lowest BCUT2D eigenvalue weighted by Gasteiger charge is -2.26. The van der Waals surface area contributed by atoms with Gasteiger partial charge in [-0.15, -0.1) is 0 Å². The summed E-state index contributed by atoms with van der Waals surface area (Å²) in [5, 5.41) is 0. The molecule has 1 heterocycles. The van der Waals surface area contributed by atoms with Crippen molar-refractivity contribution in [3.05, 3.63) is 41.5 Å². The summed E-state index contributed by atoms with van der Waals surface area (Å²) < 4.78 is 5.65. The van der Waals surface area contributed by atoms with E-state index in [9.17, 15) is 4.79 Å². The Morgan fingerprint density at radius 1 is 1.24 bits per heavy atom. The van der Waals surface area contributed by atoms with Crippen LogP contribution in [-0.4, -0.2) is 12.4 Å². The van der Waals surface area contributed by atoms with Crippen molar-refractivity contribution in [3.63, 3.8) is 0 Å². The molecule has 0 saturated heterocycles. The number of benzene rings is 1. The summed E-state index contributed by atoms with van der Waals surface area (Å²) in [5.74, 6) is 1.84. The monoisotopic (exact) mass is 228 g/mol. The van der Waals surface area contributed by atoms with Crippen LogP contribution in [-0.2, 0) is 4.79 Å². The number of hydrogen-bond acceptors (Lipinski definition) is 2. The van der Waals surface area contributed by atoms with Crippen molar-refractivity contribution in [1.82, 2.24) is 0 Å². The molecule has 0 radical (unpaired) electrons. The molecule has 1 aliphatic heterocycles. The SMILES string of the molecule is O=C1C=C(CC2CCOc3ccccc32)CC1. The quantitative estimate of drug-likeness (QED) is 0.776. The summed E-state index contributed by atoms with van der Waals surface area (Å²) in [7, 11) is 0. The number of fused-ring (bicyclic) bond motifs is 1. The van der Waals surface area contributed by atoms with Gasteiger partial charge in [0.1, 0.15) is 5.75 Å². The number of carbonyl (C=O) groups excluding carboxylic acids is 1. The Balaban J connectivity index is 1.81. The molecular weight excluding hydrogens is 212 g/mol. The molecule has 0 bridgehead atoms. The Kier molecular flexibility index (Phi) is 2.71. The third-order valence-electron chi connectivity index (χ3n) is 3.65. The first-order valence-corrected chi connectivity index (χ1v) is 6.27. The molecule has 2 nitrogen and oxygen atoms in total. The molecule has 0 aromatic heterocycles. The zero-order chi connectivity index (χ0) is 11.7. The van der Waals surface area contributed by atoms with Crippen molar-refractivity contribution in [1.29, 1.82) is 0 Å². The highest BCUT2D eigenvalue weighted by Crippen LogP contribution is 2.38. The molecule has 2 aliphatic rings. The van der Waals surface area contributed by atoms with Gasteiger partial charge >= 0.3 is 0 Å². The van der Waals surface area contributed by atoms with Gasteiger partial charge in [-0.2, -0.15) is 0 Å². The number of ketones is 1. The van der Waals surface area contributed by atoms with Crippen molar-refractivity contribution in [2.75, 3.05) is 6.61 Å². The normalized spacial score (nSPS) is 22.9. The minimum Gasteiger partial charge on any atom is -0.493 e. The maximum atomic E-state index is 11.2. The van der Waals surface area contributed by atoms with E-state index in [1.807, 2.05) is 18.2 Å². The van der Waals surface area contributed by atoms with Gasteiger partial charge in [0.05, 0.1) is 6.61 Å². The van der Waals surface area contributed by atoms with E-state index >= 15 is 0 Å². The van der Waals surface area contributed by atoms with Gasteiger partial charge < -0.3 is 4.74 Å². The van der Waals surface area contributed by atoms with Gasteiger partial charge in [-0.3, -0.25) is 4.79 Å². The van der Waals surface area contributed by atoms with Crippen LogP contribution in [0.4, 0.5) is 0 Å². The molecule has 1 unspecified atom stereocenters. The number of ether oxygens (including phenoxy) is 1. The molecule has 0 fully saturated rings. The van der Waals surface area contributed by atoms with E-state index in [1.54, 1.807) is 0 Å². The van der Waals surface area contributed by atoms with Gasteiger partial charge in [0.2, 0.25) is 0 Å². The Labute approximate surface area is 101 Å². The minimum atomic E-state index is 0.292. The first kappa shape index (κ1) is 10.6. The lowest BCUT2D eigenvalue weighted by molar-refractivity contribution is -0.114. The summed E-state index contributed by atoms with van der Waals surface area (Å²) in [6.07, 6.45) is 5.59.